The average molecular weight is 338 g/mol. The normalized spacial score (nSPS) is 22.7. The number of nitrogens with zero attached hydrogens (tertiary/aromatic N) is 2. The van der Waals surface area contributed by atoms with E-state index in [1.54, 1.807) is 6.33 Å². The van der Waals surface area contributed by atoms with Gasteiger partial charge in [0.15, 0.2) is 0 Å². The van der Waals surface area contributed by atoms with Crippen LogP contribution in [0.3, 0.4) is 0 Å². The van der Waals surface area contributed by atoms with Gasteiger partial charge in [-0.1, -0.05) is 30.3 Å². The smallest absolute Gasteiger partial charge is 0.225 e. The average Bonchev–Trinajstić information content (AvgIpc) is 3.22. The highest BCUT2D eigenvalue weighted by atomic mass is 16.2. The molecule has 1 aromatic carbocycles. The Labute approximate surface area is 146 Å². The van der Waals surface area contributed by atoms with Gasteiger partial charge in [0, 0.05) is 37.5 Å². The molecule has 0 saturated carbocycles. The number of fused-ring (bicyclic) bond motifs is 1. The number of aromatic nitrogens is 2. The molecule has 6 heteroatoms. The first-order valence-electron chi connectivity index (χ1n) is 8.82. The van der Waals surface area contributed by atoms with Gasteiger partial charge >= 0.3 is 0 Å². The van der Waals surface area contributed by atoms with E-state index in [0.717, 1.165) is 29.8 Å². The maximum Gasteiger partial charge on any atom is 0.225 e. The lowest BCUT2D eigenvalue weighted by Crippen LogP contribution is -2.42. The van der Waals surface area contributed by atoms with Crippen LogP contribution in [0.2, 0.25) is 0 Å². The van der Waals surface area contributed by atoms with Crippen molar-refractivity contribution in [2.75, 3.05) is 6.54 Å². The van der Waals surface area contributed by atoms with E-state index in [9.17, 15) is 9.59 Å². The van der Waals surface area contributed by atoms with E-state index in [4.69, 9.17) is 0 Å². The third-order valence-corrected chi connectivity index (χ3v) is 5.14. The molecule has 2 amide bonds. The van der Waals surface area contributed by atoms with E-state index in [1.165, 1.54) is 0 Å². The quantitative estimate of drug-likeness (QED) is 0.885. The molecule has 2 aliphatic rings. The number of hydrogen-bond donors (Lipinski definition) is 2. The van der Waals surface area contributed by atoms with E-state index >= 15 is 0 Å². The topological polar surface area (TPSA) is 78.1 Å². The highest BCUT2D eigenvalue weighted by molar-refractivity contribution is 5.83. The molecule has 0 radical (unpaired) electrons. The third-order valence-electron chi connectivity index (χ3n) is 5.14. The standard InChI is InChI=1S/C19H22N4O2/c24-18-9-15(11-23(18)10-13-4-2-1-3-5-13)22-19(25)14-6-7-16-17(8-14)21-12-20-16/h1-5,12,14-15H,6-11H2,(H,20,21)(H,22,25)/t14-,15-/m0/s1. The van der Waals surface area contributed by atoms with Crippen molar-refractivity contribution in [3.05, 3.63) is 53.6 Å². The summed E-state index contributed by atoms with van der Waals surface area (Å²) in [6.07, 6.45) is 4.44. The summed E-state index contributed by atoms with van der Waals surface area (Å²) < 4.78 is 0. The lowest BCUT2D eigenvalue weighted by atomic mass is 9.89. The number of benzene rings is 1. The third kappa shape index (κ3) is 3.43. The van der Waals surface area contributed by atoms with Crippen molar-refractivity contribution in [1.29, 1.82) is 0 Å². The van der Waals surface area contributed by atoms with Crippen molar-refractivity contribution in [3.63, 3.8) is 0 Å². The van der Waals surface area contributed by atoms with Crippen LogP contribution in [0.25, 0.3) is 0 Å². The number of carbonyl (C=O) groups is 2. The van der Waals surface area contributed by atoms with Crippen LogP contribution in [-0.4, -0.2) is 39.3 Å². The van der Waals surface area contributed by atoms with Gasteiger partial charge in [-0.25, -0.2) is 4.98 Å². The second-order valence-corrected chi connectivity index (χ2v) is 6.94. The maximum atomic E-state index is 12.6. The Hall–Kier alpha value is -2.63. The van der Waals surface area contributed by atoms with Crippen molar-refractivity contribution < 1.29 is 9.59 Å². The second-order valence-electron chi connectivity index (χ2n) is 6.94. The summed E-state index contributed by atoms with van der Waals surface area (Å²) in [5.74, 6) is 0.125. The van der Waals surface area contributed by atoms with E-state index in [0.29, 0.717) is 25.9 Å². The summed E-state index contributed by atoms with van der Waals surface area (Å²) in [7, 11) is 0. The summed E-state index contributed by atoms with van der Waals surface area (Å²) in [6, 6.07) is 9.86. The monoisotopic (exact) mass is 338 g/mol. The zero-order chi connectivity index (χ0) is 17.2. The number of likely N-dealkylation sites (tertiary alicyclic amines) is 1. The van der Waals surface area contributed by atoms with Gasteiger partial charge in [0.2, 0.25) is 11.8 Å². The lowest BCUT2D eigenvalue weighted by Gasteiger charge is -2.23. The molecule has 25 heavy (non-hydrogen) atoms. The van der Waals surface area contributed by atoms with Crippen molar-refractivity contribution in [1.82, 2.24) is 20.2 Å². The lowest BCUT2D eigenvalue weighted by molar-refractivity contribution is -0.128. The first-order chi connectivity index (χ1) is 12.2. The molecule has 1 fully saturated rings. The van der Waals surface area contributed by atoms with Gasteiger partial charge < -0.3 is 15.2 Å². The zero-order valence-corrected chi connectivity index (χ0v) is 14.1. The van der Waals surface area contributed by atoms with Crippen molar-refractivity contribution in [2.45, 2.75) is 38.3 Å². The highest BCUT2D eigenvalue weighted by Crippen LogP contribution is 2.24. The van der Waals surface area contributed by atoms with Crippen LogP contribution in [-0.2, 0) is 29.0 Å². The Morgan fingerprint density at radius 2 is 2.12 bits per heavy atom. The molecule has 2 aromatic rings. The van der Waals surface area contributed by atoms with Crippen LogP contribution in [0.1, 0.15) is 29.8 Å². The number of rotatable bonds is 4. The first kappa shape index (κ1) is 15.9. The highest BCUT2D eigenvalue weighted by Gasteiger charge is 2.33. The van der Waals surface area contributed by atoms with E-state index < -0.39 is 0 Å². The van der Waals surface area contributed by atoms with Gasteiger partial charge in [0.25, 0.3) is 0 Å². The molecular formula is C19H22N4O2. The summed E-state index contributed by atoms with van der Waals surface area (Å²) in [6.45, 7) is 1.19. The summed E-state index contributed by atoms with van der Waals surface area (Å²) in [5, 5.41) is 3.08. The number of aromatic amines is 1. The molecule has 2 N–H and O–H groups in total. The molecule has 2 heterocycles. The van der Waals surface area contributed by atoms with Gasteiger partial charge in [0.1, 0.15) is 0 Å². The fraction of sp³-hybridized carbons (Fsp3) is 0.421. The van der Waals surface area contributed by atoms with Crippen LogP contribution in [0, 0.1) is 5.92 Å². The Morgan fingerprint density at radius 1 is 1.28 bits per heavy atom. The maximum absolute atomic E-state index is 12.6. The second kappa shape index (κ2) is 6.70. The van der Waals surface area contributed by atoms with E-state index in [2.05, 4.69) is 15.3 Å². The predicted molar refractivity (Wildman–Crippen MR) is 92.5 cm³/mol. The minimum atomic E-state index is -0.0909. The Kier molecular flexibility index (Phi) is 4.26. The van der Waals surface area contributed by atoms with Crippen molar-refractivity contribution >= 4 is 11.8 Å². The van der Waals surface area contributed by atoms with Crippen molar-refractivity contribution in [3.8, 4) is 0 Å². The van der Waals surface area contributed by atoms with E-state index in [-0.39, 0.29) is 23.8 Å². The Balaban J connectivity index is 1.33. The number of H-pyrrole nitrogens is 1. The number of amides is 2. The first-order valence-corrected chi connectivity index (χ1v) is 8.82. The van der Waals surface area contributed by atoms with Gasteiger partial charge in [-0.15, -0.1) is 0 Å². The van der Waals surface area contributed by atoms with Crippen molar-refractivity contribution in [2.24, 2.45) is 5.92 Å². The minimum absolute atomic E-state index is 0.0359. The minimum Gasteiger partial charge on any atom is -0.351 e. The molecule has 4 rings (SSSR count). The molecule has 0 spiro atoms. The predicted octanol–water partition coefficient (Wildman–Crippen LogP) is 1.43. The number of nitrogens with one attached hydrogen (secondary N) is 2. The van der Waals surface area contributed by atoms with E-state index in [1.807, 2.05) is 35.2 Å². The number of carbonyl (C=O) groups excluding carboxylic acids is 2. The van der Waals surface area contributed by atoms with Gasteiger partial charge in [-0.2, -0.15) is 0 Å². The molecule has 1 aromatic heterocycles. The molecule has 1 aliphatic heterocycles. The zero-order valence-electron chi connectivity index (χ0n) is 14.1. The van der Waals surface area contributed by atoms with Crippen LogP contribution < -0.4 is 5.32 Å². The van der Waals surface area contributed by atoms with Gasteiger partial charge in [-0.3, -0.25) is 9.59 Å². The van der Waals surface area contributed by atoms with Crippen LogP contribution in [0.5, 0.6) is 0 Å². The van der Waals surface area contributed by atoms with Gasteiger partial charge in [0.05, 0.1) is 18.1 Å². The molecule has 2 atom stereocenters. The number of aryl methyl sites for hydroxylation is 1. The molecular weight excluding hydrogens is 316 g/mol. The summed E-state index contributed by atoms with van der Waals surface area (Å²) >= 11 is 0. The van der Waals surface area contributed by atoms with Crippen LogP contribution in [0.15, 0.2) is 36.7 Å². The Bertz CT molecular complexity index is 771. The molecule has 130 valence electrons. The fourth-order valence-electron chi connectivity index (χ4n) is 3.77. The Morgan fingerprint density at radius 3 is 2.96 bits per heavy atom. The van der Waals surface area contributed by atoms with Crippen LogP contribution in [0.4, 0.5) is 0 Å². The van der Waals surface area contributed by atoms with Crippen LogP contribution >= 0.6 is 0 Å². The summed E-state index contributed by atoms with van der Waals surface area (Å²) in [5.41, 5.74) is 3.26. The number of hydrogen-bond acceptors (Lipinski definition) is 3. The number of imidazole rings is 1. The molecule has 0 unspecified atom stereocenters. The summed E-state index contributed by atoms with van der Waals surface area (Å²) in [4.78, 5) is 34.0. The molecule has 0 bridgehead atoms. The molecule has 1 aliphatic carbocycles. The van der Waals surface area contributed by atoms with Gasteiger partial charge in [-0.05, 0) is 18.4 Å². The molecule has 1 saturated heterocycles. The largest absolute Gasteiger partial charge is 0.351 e. The molecule has 6 nitrogen and oxygen atoms in total. The fourth-order valence-corrected chi connectivity index (χ4v) is 3.77. The SMILES string of the molecule is O=C(N[C@H]1CC(=O)N(Cc2ccccc2)C1)[C@H]1CCc2nc[nH]c2C1.